The quantitative estimate of drug-likeness (QED) is 0.301. The van der Waals surface area contributed by atoms with Gasteiger partial charge < -0.3 is 5.21 Å². The summed E-state index contributed by atoms with van der Waals surface area (Å²) in [5, 5.41) is 19.9. The minimum Gasteiger partial charge on any atom is -0.425 e. The number of hydrogen-bond donors (Lipinski definition) is 1. The molecule has 17 heavy (non-hydrogen) atoms. The van der Waals surface area contributed by atoms with Crippen LogP contribution in [-0.2, 0) is 7.05 Å². The Morgan fingerprint density at radius 2 is 2.06 bits per heavy atom. The predicted octanol–water partition coefficient (Wildman–Crippen LogP) is -0.759. The van der Waals surface area contributed by atoms with Crippen LogP contribution < -0.4 is 11.1 Å². The van der Waals surface area contributed by atoms with Gasteiger partial charge in [-0.1, -0.05) is 0 Å². The number of aryl methyl sites for hydroxylation is 1. The van der Waals surface area contributed by atoms with E-state index >= 15 is 0 Å². The molecule has 0 atom stereocenters. The molecule has 0 saturated carbocycles. The minimum atomic E-state index is -1.19. The Balaban J connectivity index is 3.02. The average Bonchev–Trinajstić information content (AvgIpc) is 2.32. The summed E-state index contributed by atoms with van der Waals surface area (Å²) in [5.41, 5.74) is -2.78. The maximum atomic E-state index is 11.3. The zero-order chi connectivity index (χ0) is 12.7. The summed E-state index contributed by atoms with van der Waals surface area (Å²) in [7, 11) is 1.28. The van der Waals surface area contributed by atoms with E-state index in [1.54, 1.807) is 0 Å². The Bertz CT molecular complexity index is 744. The lowest BCUT2D eigenvalue weighted by Gasteiger charge is -2.05. The van der Waals surface area contributed by atoms with Crippen LogP contribution in [0, 0.1) is 10.1 Å². The van der Waals surface area contributed by atoms with Gasteiger partial charge in [-0.2, -0.15) is 0 Å². The summed E-state index contributed by atoms with van der Waals surface area (Å²) in [4.78, 5) is 36.1. The Morgan fingerprint density at radius 1 is 1.41 bits per heavy atom. The highest BCUT2D eigenvalue weighted by atomic mass is 16.6. The number of aromatic nitrogens is 3. The molecule has 0 amide bonds. The third-order valence-electron chi connectivity index (χ3n) is 2.27. The van der Waals surface area contributed by atoms with Crippen molar-refractivity contribution < 1.29 is 10.1 Å². The van der Waals surface area contributed by atoms with Crippen LogP contribution in [0.4, 0.5) is 5.69 Å². The van der Waals surface area contributed by atoms with Gasteiger partial charge in [0.1, 0.15) is 11.7 Å². The van der Waals surface area contributed by atoms with Crippen LogP contribution in [0.25, 0.3) is 11.2 Å². The topological polar surface area (TPSA) is 120 Å². The van der Waals surface area contributed by atoms with E-state index in [0.29, 0.717) is 0 Å². The van der Waals surface area contributed by atoms with E-state index in [2.05, 4.69) is 4.98 Å². The van der Waals surface area contributed by atoms with Crippen LogP contribution >= 0.6 is 0 Å². The van der Waals surface area contributed by atoms with E-state index in [1.165, 1.54) is 7.05 Å². The maximum absolute atomic E-state index is 11.3. The van der Waals surface area contributed by atoms with E-state index in [1.807, 2.05) is 0 Å². The molecule has 2 aromatic heterocycles. The van der Waals surface area contributed by atoms with Crippen LogP contribution in [-0.4, -0.2) is 24.4 Å². The number of fused-ring (bicyclic) bond motifs is 1. The van der Waals surface area contributed by atoms with Gasteiger partial charge in [-0.3, -0.25) is 24.3 Å². The standard InChI is InChI=1S/C8H6N4O5/c1-10-6-5(11(15)8(14)7(10)13)2-4(3-9-6)12(16)17/h2-3,15H,1H3. The van der Waals surface area contributed by atoms with Crippen LogP contribution in [0.15, 0.2) is 21.9 Å². The second-order valence-electron chi connectivity index (χ2n) is 3.27. The predicted molar refractivity (Wildman–Crippen MR) is 55.1 cm³/mol. The second kappa shape index (κ2) is 3.40. The maximum Gasteiger partial charge on any atom is 0.349 e. The van der Waals surface area contributed by atoms with Gasteiger partial charge in [0.25, 0.3) is 5.69 Å². The summed E-state index contributed by atoms with van der Waals surface area (Å²) >= 11 is 0. The molecule has 0 aromatic carbocycles. The third-order valence-corrected chi connectivity index (χ3v) is 2.27. The van der Waals surface area contributed by atoms with Gasteiger partial charge in [0.2, 0.25) is 0 Å². The monoisotopic (exact) mass is 238 g/mol. The first-order valence-corrected chi connectivity index (χ1v) is 4.39. The van der Waals surface area contributed by atoms with Gasteiger partial charge in [-0.25, -0.2) is 4.98 Å². The van der Waals surface area contributed by atoms with E-state index in [0.717, 1.165) is 16.8 Å². The molecule has 0 aliphatic carbocycles. The fraction of sp³-hybridized carbons (Fsp3) is 0.125. The third kappa shape index (κ3) is 1.44. The molecule has 0 aliphatic heterocycles. The fourth-order valence-electron chi connectivity index (χ4n) is 1.39. The molecule has 0 bridgehead atoms. The number of nitrogens with zero attached hydrogens (tertiary/aromatic N) is 4. The molecule has 2 rings (SSSR count). The molecule has 0 saturated heterocycles. The Labute approximate surface area is 92.3 Å². The molecule has 88 valence electrons. The van der Waals surface area contributed by atoms with Crippen LogP contribution in [0.1, 0.15) is 0 Å². The van der Waals surface area contributed by atoms with E-state index < -0.39 is 21.7 Å². The number of rotatable bonds is 1. The van der Waals surface area contributed by atoms with Crippen molar-refractivity contribution in [3.63, 3.8) is 0 Å². The molecular formula is C8H6N4O5. The second-order valence-corrected chi connectivity index (χ2v) is 3.27. The summed E-state index contributed by atoms with van der Waals surface area (Å²) in [6, 6.07) is 0.961. The molecule has 9 nitrogen and oxygen atoms in total. The Morgan fingerprint density at radius 3 is 2.65 bits per heavy atom. The van der Waals surface area contributed by atoms with Gasteiger partial charge in [0, 0.05) is 13.1 Å². The summed E-state index contributed by atoms with van der Waals surface area (Å²) < 4.78 is 0.964. The lowest BCUT2D eigenvalue weighted by molar-refractivity contribution is -0.385. The fourth-order valence-corrected chi connectivity index (χ4v) is 1.39. The summed E-state index contributed by atoms with van der Waals surface area (Å²) in [6.45, 7) is 0. The van der Waals surface area contributed by atoms with Gasteiger partial charge in [0.05, 0.1) is 4.92 Å². The van der Waals surface area contributed by atoms with Crippen molar-refractivity contribution in [3.05, 3.63) is 43.1 Å². The molecule has 0 fully saturated rings. The smallest absolute Gasteiger partial charge is 0.349 e. The molecule has 0 radical (unpaired) electrons. The van der Waals surface area contributed by atoms with Crippen molar-refractivity contribution in [2.75, 3.05) is 0 Å². The van der Waals surface area contributed by atoms with Crippen molar-refractivity contribution in [1.29, 1.82) is 0 Å². The number of pyridine rings is 1. The normalized spacial score (nSPS) is 10.6. The van der Waals surface area contributed by atoms with E-state index in [-0.39, 0.29) is 15.9 Å². The van der Waals surface area contributed by atoms with Crippen LogP contribution in [0.2, 0.25) is 0 Å². The largest absolute Gasteiger partial charge is 0.425 e. The summed E-state index contributed by atoms with van der Waals surface area (Å²) in [6.07, 6.45) is 0.937. The molecule has 2 aromatic rings. The molecule has 2 heterocycles. The summed E-state index contributed by atoms with van der Waals surface area (Å²) in [5.74, 6) is 0. The molecule has 0 unspecified atom stereocenters. The van der Waals surface area contributed by atoms with E-state index in [4.69, 9.17) is 0 Å². The molecular weight excluding hydrogens is 232 g/mol. The first kappa shape index (κ1) is 10.8. The zero-order valence-corrected chi connectivity index (χ0v) is 8.52. The average molecular weight is 238 g/mol. The lowest BCUT2D eigenvalue weighted by atomic mass is 10.3. The van der Waals surface area contributed by atoms with Crippen molar-refractivity contribution >= 4 is 16.9 Å². The molecule has 0 spiro atoms. The number of nitro groups is 1. The zero-order valence-electron chi connectivity index (χ0n) is 8.52. The first-order valence-electron chi connectivity index (χ1n) is 4.39. The van der Waals surface area contributed by atoms with Crippen molar-refractivity contribution in [2.45, 2.75) is 0 Å². The minimum absolute atomic E-state index is 0.0253. The molecule has 9 heteroatoms. The van der Waals surface area contributed by atoms with Gasteiger partial charge in [-0.15, -0.1) is 4.73 Å². The first-order chi connectivity index (χ1) is 7.93. The molecule has 0 aliphatic rings. The van der Waals surface area contributed by atoms with Crippen LogP contribution in [0.3, 0.4) is 0 Å². The molecule has 1 N–H and O–H groups in total. The van der Waals surface area contributed by atoms with Crippen molar-refractivity contribution in [1.82, 2.24) is 14.3 Å². The highest BCUT2D eigenvalue weighted by Gasteiger charge is 2.15. The number of hydrogen-bond acceptors (Lipinski definition) is 6. The highest BCUT2D eigenvalue weighted by molar-refractivity contribution is 5.72. The van der Waals surface area contributed by atoms with Gasteiger partial charge in [0.15, 0.2) is 5.65 Å². The lowest BCUT2D eigenvalue weighted by Crippen LogP contribution is -2.40. The van der Waals surface area contributed by atoms with Gasteiger partial charge in [-0.05, 0) is 0 Å². The van der Waals surface area contributed by atoms with E-state index in [9.17, 15) is 24.9 Å². The van der Waals surface area contributed by atoms with Crippen LogP contribution in [0.5, 0.6) is 0 Å². The van der Waals surface area contributed by atoms with Crippen molar-refractivity contribution in [3.8, 4) is 0 Å². The SMILES string of the molecule is Cn1c(=O)c(=O)n(O)c2cc([N+](=O)[O-])cnc21. The highest BCUT2D eigenvalue weighted by Crippen LogP contribution is 2.14. The van der Waals surface area contributed by atoms with Gasteiger partial charge >= 0.3 is 11.1 Å². The Hall–Kier alpha value is -2.71. The van der Waals surface area contributed by atoms with Crippen molar-refractivity contribution in [2.24, 2.45) is 7.05 Å². The Kier molecular flexibility index (Phi) is 2.16.